The Bertz CT molecular complexity index is 624. The maximum atomic E-state index is 11.8. The van der Waals surface area contributed by atoms with Gasteiger partial charge in [-0.2, -0.15) is 0 Å². The van der Waals surface area contributed by atoms with Crippen LogP contribution in [0.3, 0.4) is 0 Å². The van der Waals surface area contributed by atoms with E-state index >= 15 is 0 Å². The van der Waals surface area contributed by atoms with E-state index < -0.39 is 9.84 Å². The number of urea groups is 1. The normalized spacial score (nSPS) is 14.3. The van der Waals surface area contributed by atoms with Gasteiger partial charge >= 0.3 is 6.03 Å². The van der Waals surface area contributed by atoms with E-state index in [9.17, 15) is 13.2 Å². The number of sulfone groups is 1. The summed E-state index contributed by atoms with van der Waals surface area (Å²) < 4.78 is 28.3. The molecule has 1 aromatic rings. The van der Waals surface area contributed by atoms with Gasteiger partial charge in [-0.3, -0.25) is 0 Å². The van der Waals surface area contributed by atoms with Gasteiger partial charge in [-0.25, -0.2) is 13.2 Å². The summed E-state index contributed by atoms with van der Waals surface area (Å²) in [6.07, 6.45) is 4.32. The predicted octanol–water partition coefficient (Wildman–Crippen LogP) is 1.91. The van der Waals surface area contributed by atoms with E-state index in [1.807, 2.05) is 0 Å². The summed E-state index contributed by atoms with van der Waals surface area (Å²) in [5, 5.41) is 2.91. The lowest BCUT2D eigenvalue weighted by Crippen LogP contribution is -2.39. The molecule has 6 nitrogen and oxygen atoms in total. The van der Waals surface area contributed by atoms with Crippen LogP contribution in [0.25, 0.3) is 0 Å². The lowest BCUT2D eigenvalue weighted by Gasteiger charge is -2.18. The van der Waals surface area contributed by atoms with E-state index in [0.717, 1.165) is 6.54 Å². The van der Waals surface area contributed by atoms with E-state index in [1.54, 1.807) is 24.1 Å². The van der Waals surface area contributed by atoms with Crippen molar-refractivity contribution < 1.29 is 17.9 Å². The number of amides is 2. The van der Waals surface area contributed by atoms with E-state index in [0.29, 0.717) is 31.2 Å². The summed E-state index contributed by atoms with van der Waals surface area (Å²) in [6.45, 7) is 1.85. The van der Waals surface area contributed by atoms with Gasteiger partial charge in [0.1, 0.15) is 5.75 Å². The zero-order valence-corrected chi connectivity index (χ0v) is 14.4. The van der Waals surface area contributed by atoms with Gasteiger partial charge in [0.2, 0.25) is 0 Å². The predicted molar refractivity (Wildman–Crippen MR) is 88.4 cm³/mol. The van der Waals surface area contributed by atoms with Crippen molar-refractivity contribution in [1.29, 1.82) is 0 Å². The number of carbonyl (C=O) groups excluding carboxylic acids is 1. The van der Waals surface area contributed by atoms with Crippen LogP contribution in [0.4, 0.5) is 4.79 Å². The third-order valence-electron chi connectivity index (χ3n) is 3.74. The van der Waals surface area contributed by atoms with Gasteiger partial charge in [0.05, 0.1) is 11.5 Å². The highest BCUT2D eigenvalue weighted by molar-refractivity contribution is 7.90. The van der Waals surface area contributed by atoms with E-state index in [-0.39, 0.29) is 10.9 Å². The molecule has 1 N–H and O–H groups in total. The Morgan fingerprint density at radius 1 is 1.30 bits per heavy atom. The highest BCUT2D eigenvalue weighted by Crippen LogP contribution is 2.27. The third-order valence-corrected chi connectivity index (χ3v) is 4.87. The van der Waals surface area contributed by atoms with Gasteiger partial charge in [-0.05, 0) is 49.4 Å². The number of nitrogens with one attached hydrogen (secondary N) is 1. The summed E-state index contributed by atoms with van der Waals surface area (Å²) in [7, 11) is -1.41. The molecule has 23 heavy (non-hydrogen) atoms. The second-order valence-corrected chi connectivity index (χ2v) is 8.01. The molecule has 0 heterocycles. The van der Waals surface area contributed by atoms with Gasteiger partial charge < -0.3 is 15.0 Å². The molecular weight excluding hydrogens is 316 g/mol. The first-order valence-electron chi connectivity index (χ1n) is 7.78. The number of benzene rings is 1. The van der Waals surface area contributed by atoms with Crippen LogP contribution in [-0.4, -0.2) is 52.3 Å². The van der Waals surface area contributed by atoms with Crippen molar-refractivity contribution >= 4 is 15.9 Å². The molecule has 0 saturated heterocycles. The maximum absolute atomic E-state index is 11.8. The summed E-state index contributed by atoms with van der Waals surface area (Å²) in [5.41, 5.74) is 0. The molecule has 1 fully saturated rings. The zero-order chi connectivity index (χ0) is 16.9. The number of rotatable bonds is 8. The highest BCUT2D eigenvalue weighted by atomic mass is 32.2. The van der Waals surface area contributed by atoms with Crippen LogP contribution in [0.1, 0.15) is 19.3 Å². The lowest BCUT2D eigenvalue weighted by molar-refractivity contribution is 0.203. The Labute approximate surface area is 137 Å². The third kappa shape index (κ3) is 6.09. The van der Waals surface area contributed by atoms with Gasteiger partial charge in [0, 0.05) is 26.4 Å². The van der Waals surface area contributed by atoms with Crippen molar-refractivity contribution in [2.75, 3.05) is 33.0 Å². The molecule has 0 aromatic heterocycles. The van der Waals surface area contributed by atoms with Crippen LogP contribution in [-0.2, 0) is 9.84 Å². The van der Waals surface area contributed by atoms with Crippen LogP contribution in [0, 0.1) is 5.92 Å². The Balaban J connectivity index is 1.65. The summed E-state index contributed by atoms with van der Waals surface area (Å²) in [6, 6.07) is 6.30. The van der Waals surface area contributed by atoms with Gasteiger partial charge in [0.15, 0.2) is 9.84 Å². The fraction of sp³-hybridized carbons (Fsp3) is 0.562. The number of nitrogens with zero attached hydrogens (tertiary/aromatic N) is 1. The molecule has 1 saturated carbocycles. The molecule has 0 spiro atoms. The first-order chi connectivity index (χ1) is 10.9. The first-order valence-corrected chi connectivity index (χ1v) is 9.67. The van der Waals surface area contributed by atoms with Crippen LogP contribution in [0.2, 0.25) is 0 Å². The fourth-order valence-electron chi connectivity index (χ4n) is 2.06. The van der Waals surface area contributed by atoms with Crippen molar-refractivity contribution in [2.45, 2.75) is 24.2 Å². The van der Waals surface area contributed by atoms with Crippen LogP contribution >= 0.6 is 0 Å². The molecule has 0 aliphatic heterocycles. The van der Waals surface area contributed by atoms with Crippen LogP contribution in [0.15, 0.2) is 29.2 Å². The molecule has 1 aliphatic rings. The Kier molecular flexibility index (Phi) is 5.87. The molecule has 7 heteroatoms. The zero-order valence-electron chi connectivity index (χ0n) is 13.6. The fourth-order valence-corrected chi connectivity index (χ4v) is 2.70. The summed E-state index contributed by atoms with van der Waals surface area (Å²) in [5.74, 6) is 1.30. The maximum Gasteiger partial charge on any atom is 0.317 e. The summed E-state index contributed by atoms with van der Waals surface area (Å²) >= 11 is 0. The smallest absolute Gasteiger partial charge is 0.317 e. The molecule has 2 amide bonds. The van der Waals surface area contributed by atoms with Gasteiger partial charge in [0.25, 0.3) is 0 Å². The molecular formula is C16H24N2O4S. The minimum atomic E-state index is -3.18. The second-order valence-electron chi connectivity index (χ2n) is 6.00. The van der Waals surface area contributed by atoms with E-state index in [4.69, 9.17) is 4.74 Å². The monoisotopic (exact) mass is 340 g/mol. The largest absolute Gasteiger partial charge is 0.494 e. The van der Waals surface area contributed by atoms with Crippen molar-refractivity contribution in [1.82, 2.24) is 10.2 Å². The second kappa shape index (κ2) is 7.68. The van der Waals surface area contributed by atoms with E-state index in [1.165, 1.54) is 31.2 Å². The van der Waals surface area contributed by atoms with E-state index in [2.05, 4.69) is 5.32 Å². The molecule has 128 valence electrons. The van der Waals surface area contributed by atoms with Crippen molar-refractivity contribution in [3.63, 3.8) is 0 Å². The number of hydrogen-bond donors (Lipinski definition) is 1. The minimum absolute atomic E-state index is 0.0468. The Morgan fingerprint density at radius 2 is 1.96 bits per heavy atom. The lowest BCUT2D eigenvalue weighted by atomic mass is 10.3. The van der Waals surface area contributed by atoms with Crippen molar-refractivity contribution in [2.24, 2.45) is 5.92 Å². The molecule has 0 bridgehead atoms. The molecule has 0 radical (unpaired) electrons. The topological polar surface area (TPSA) is 75.7 Å². The van der Waals surface area contributed by atoms with Crippen molar-refractivity contribution in [3.8, 4) is 5.75 Å². The quantitative estimate of drug-likeness (QED) is 0.734. The number of hydrogen-bond acceptors (Lipinski definition) is 4. The highest BCUT2D eigenvalue weighted by Gasteiger charge is 2.22. The SMILES string of the molecule is CN(CCCOc1ccc(S(C)(=O)=O)cc1)C(=O)NCC1CC1. The average Bonchev–Trinajstić information content (AvgIpc) is 3.32. The minimum Gasteiger partial charge on any atom is -0.494 e. The number of carbonyl (C=O) groups is 1. The van der Waals surface area contributed by atoms with Crippen LogP contribution < -0.4 is 10.1 Å². The first kappa shape index (κ1) is 17.6. The standard InChI is InChI=1S/C16H24N2O4S/c1-18(16(19)17-12-13-4-5-13)10-3-11-22-14-6-8-15(9-7-14)23(2,20)21/h6-9,13H,3-5,10-12H2,1-2H3,(H,17,19). The van der Waals surface area contributed by atoms with Gasteiger partial charge in [-0.1, -0.05) is 0 Å². The van der Waals surface area contributed by atoms with Gasteiger partial charge in [-0.15, -0.1) is 0 Å². The molecule has 0 unspecified atom stereocenters. The number of ether oxygens (including phenoxy) is 1. The van der Waals surface area contributed by atoms with Crippen molar-refractivity contribution in [3.05, 3.63) is 24.3 Å². The van der Waals surface area contributed by atoms with Crippen LogP contribution in [0.5, 0.6) is 5.75 Å². The molecule has 1 aromatic carbocycles. The summed E-state index contributed by atoms with van der Waals surface area (Å²) in [4.78, 5) is 13.7. The molecule has 0 atom stereocenters. The Hall–Kier alpha value is -1.76. The molecule has 2 rings (SSSR count). The molecule has 1 aliphatic carbocycles. The average molecular weight is 340 g/mol. The Morgan fingerprint density at radius 3 is 2.52 bits per heavy atom.